The van der Waals surface area contributed by atoms with Crippen LogP contribution in [-0.2, 0) is 11.3 Å². The maximum Gasteiger partial charge on any atom is 0.324 e. The first kappa shape index (κ1) is 17.1. The lowest BCUT2D eigenvalue weighted by Gasteiger charge is -2.24. The molecule has 0 saturated heterocycles. The van der Waals surface area contributed by atoms with Crippen LogP contribution >= 0.6 is 11.3 Å². The van der Waals surface area contributed by atoms with Crippen molar-refractivity contribution in [1.29, 1.82) is 0 Å². The van der Waals surface area contributed by atoms with Crippen molar-refractivity contribution in [3.05, 3.63) is 57.0 Å². The van der Waals surface area contributed by atoms with Crippen LogP contribution in [0.3, 0.4) is 0 Å². The summed E-state index contributed by atoms with van der Waals surface area (Å²) in [6, 6.07) is 8.54. The predicted molar refractivity (Wildman–Crippen MR) is 94.6 cm³/mol. The number of nitro groups is 1. The Morgan fingerprint density at radius 3 is 2.72 bits per heavy atom. The highest BCUT2D eigenvalue weighted by Gasteiger charge is 2.25. The summed E-state index contributed by atoms with van der Waals surface area (Å²) in [6.45, 7) is 0.273. The lowest BCUT2D eigenvalue weighted by atomic mass is 9.85. The molecule has 130 valence electrons. The van der Waals surface area contributed by atoms with Crippen molar-refractivity contribution in [2.45, 2.75) is 25.8 Å². The second-order valence-electron chi connectivity index (χ2n) is 5.93. The van der Waals surface area contributed by atoms with Crippen molar-refractivity contribution in [3.8, 4) is 0 Å². The molecule has 25 heavy (non-hydrogen) atoms. The van der Waals surface area contributed by atoms with Crippen LogP contribution in [0.25, 0.3) is 0 Å². The van der Waals surface area contributed by atoms with Gasteiger partial charge >= 0.3 is 5.00 Å². The van der Waals surface area contributed by atoms with Gasteiger partial charge in [-0.1, -0.05) is 29.9 Å². The number of hydrogen-bond acceptors (Lipinski definition) is 5. The van der Waals surface area contributed by atoms with Gasteiger partial charge in [0, 0.05) is 29.6 Å². The topological polar surface area (TPSA) is 101 Å². The Morgan fingerprint density at radius 1 is 1.28 bits per heavy atom. The van der Waals surface area contributed by atoms with E-state index in [9.17, 15) is 19.7 Å². The molecule has 1 aromatic carbocycles. The first-order valence-corrected chi connectivity index (χ1v) is 8.82. The van der Waals surface area contributed by atoms with Gasteiger partial charge in [0.1, 0.15) is 0 Å². The minimum absolute atomic E-state index is 0.0398. The number of hydrogen-bond donors (Lipinski definition) is 2. The Balaban J connectivity index is 1.57. The van der Waals surface area contributed by atoms with Gasteiger partial charge in [-0.25, -0.2) is 0 Å². The zero-order chi connectivity index (χ0) is 17.8. The van der Waals surface area contributed by atoms with E-state index in [2.05, 4.69) is 10.6 Å². The fourth-order valence-corrected chi connectivity index (χ4v) is 3.20. The molecular formula is C17H17N3O4S. The minimum atomic E-state index is -0.518. The highest BCUT2D eigenvalue weighted by molar-refractivity contribution is 7.13. The van der Waals surface area contributed by atoms with Gasteiger partial charge in [-0.15, -0.1) is 0 Å². The molecule has 8 heteroatoms. The van der Waals surface area contributed by atoms with Gasteiger partial charge in [0.2, 0.25) is 5.91 Å². The molecule has 0 bridgehead atoms. The van der Waals surface area contributed by atoms with Gasteiger partial charge in [-0.05, 0) is 30.5 Å². The zero-order valence-electron chi connectivity index (χ0n) is 13.4. The van der Waals surface area contributed by atoms with Crippen LogP contribution in [0, 0.1) is 16.0 Å². The molecule has 3 rings (SSSR count). The maximum absolute atomic E-state index is 12.1. The Kier molecular flexibility index (Phi) is 5.08. The summed E-state index contributed by atoms with van der Waals surface area (Å²) in [4.78, 5) is 34.2. The molecule has 0 aliphatic heterocycles. The van der Waals surface area contributed by atoms with Gasteiger partial charge in [0.05, 0.1) is 10.5 Å². The first-order valence-electron chi connectivity index (χ1n) is 7.94. The molecule has 7 nitrogen and oxygen atoms in total. The Morgan fingerprint density at radius 2 is 2.08 bits per heavy atom. The highest BCUT2D eigenvalue weighted by atomic mass is 32.1. The monoisotopic (exact) mass is 359 g/mol. The number of thiophene rings is 1. The third kappa shape index (κ3) is 4.21. The molecule has 2 amide bonds. The van der Waals surface area contributed by atoms with E-state index in [-0.39, 0.29) is 34.8 Å². The standard InChI is InChI=1S/C17H17N3O4S/c21-16(13-8-15(20(23)24)25-10-13)18-9-11-3-1-6-14(7-11)19-17(22)12-4-2-5-12/h1,3,6-8,10,12H,2,4-5,9H2,(H,18,21)(H,19,22). The molecule has 1 heterocycles. The van der Waals surface area contributed by atoms with Crippen LogP contribution in [0.5, 0.6) is 0 Å². The van der Waals surface area contributed by atoms with Gasteiger partial charge < -0.3 is 10.6 Å². The summed E-state index contributed by atoms with van der Waals surface area (Å²) >= 11 is 0.920. The lowest BCUT2D eigenvalue weighted by molar-refractivity contribution is -0.380. The lowest BCUT2D eigenvalue weighted by Crippen LogP contribution is -2.28. The van der Waals surface area contributed by atoms with Crippen molar-refractivity contribution in [2.24, 2.45) is 5.92 Å². The average molecular weight is 359 g/mol. The van der Waals surface area contributed by atoms with E-state index in [0.717, 1.165) is 36.2 Å². The largest absolute Gasteiger partial charge is 0.348 e. The second-order valence-corrected chi connectivity index (χ2v) is 6.82. The van der Waals surface area contributed by atoms with E-state index in [4.69, 9.17) is 0 Å². The van der Waals surface area contributed by atoms with Crippen LogP contribution < -0.4 is 10.6 Å². The summed E-state index contributed by atoms with van der Waals surface area (Å²) in [5.41, 5.74) is 1.81. The highest BCUT2D eigenvalue weighted by Crippen LogP contribution is 2.27. The molecule has 0 radical (unpaired) electrons. The SMILES string of the molecule is O=C(NCc1cccc(NC(=O)C2CCC2)c1)c1csc([N+](=O)[O-])c1. The molecular weight excluding hydrogens is 342 g/mol. The van der Waals surface area contributed by atoms with Gasteiger partial charge in [-0.3, -0.25) is 19.7 Å². The van der Waals surface area contributed by atoms with E-state index in [1.54, 1.807) is 0 Å². The molecule has 0 unspecified atom stereocenters. The maximum atomic E-state index is 12.1. The molecule has 1 aliphatic rings. The molecule has 1 saturated carbocycles. The number of rotatable bonds is 6. The average Bonchev–Trinajstić information content (AvgIpc) is 3.01. The van der Waals surface area contributed by atoms with Crippen LogP contribution in [-0.4, -0.2) is 16.7 Å². The number of carbonyl (C=O) groups excluding carboxylic acids is 2. The molecule has 2 N–H and O–H groups in total. The minimum Gasteiger partial charge on any atom is -0.348 e. The third-order valence-corrected chi connectivity index (χ3v) is 5.03. The fourth-order valence-electron chi connectivity index (χ4n) is 2.50. The Bertz CT molecular complexity index is 814. The number of carbonyl (C=O) groups is 2. The van der Waals surface area contributed by atoms with Crippen LogP contribution in [0.4, 0.5) is 10.7 Å². The Labute approximate surface area is 148 Å². The van der Waals surface area contributed by atoms with Crippen molar-refractivity contribution >= 4 is 33.8 Å². The number of benzene rings is 1. The normalized spacial score (nSPS) is 13.8. The van der Waals surface area contributed by atoms with E-state index < -0.39 is 4.92 Å². The summed E-state index contributed by atoms with van der Waals surface area (Å²) in [6.07, 6.45) is 2.98. The molecule has 1 aromatic heterocycles. The molecule has 1 fully saturated rings. The molecule has 0 atom stereocenters. The van der Waals surface area contributed by atoms with Crippen LogP contribution in [0.1, 0.15) is 35.2 Å². The molecule has 0 spiro atoms. The van der Waals surface area contributed by atoms with Crippen molar-refractivity contribution in [2.75, 3.05) is 5.32 Å². The summed E-state index contributed by atoms with van der Waals surface area (Å²) < 4.78 is 0. The number of anilines is 1. The van der Waals surface area contributed by atoms with Gasteiger partial charge in [-0.2, -0.15) is 0 Å². The summed E-state index contributed by atoms with van der Waals surface area (Å²) in [5.74, 6) is -0.219. The third-order valence-electron chi connectivity index (χ3n) is 4.15. The van der Waals surface area contributed by atoms with Crippen LogP contribution in [0.15, 0.2) is 35.7 Å². The van der Waals surface area contributed by atoms with Gasteiger partial charge in [0.15, 0.2) is 0 Å². The molecule has 1 aliphatic carbocycles. The zero-order valence-corrected chi connectivity index (χ0v) is 14.2. The number of amides is 2. The summed E-state index contributed by atoms with van der Waals surface area (Å²) in [5, 5.41) is 17.7. The van der Waals surface area contributed by atoms with Crippen LogP contribution in [0.2, 0.25) is 0 Å². The quantitative estimate of drug-likeness (QED) is 0.610. The summed E-state index contributed by atoms with van der Waals surface area (Å²) in [7, 11) is 0. The second kappa shape index (κ2) is 7.43. The van der Waals surface area contributed by atoms with E-state index in [0.29, 0.717) is 5.69 Å². The number of nitrogens with zero attached hydrogens (tertiary/aromatic N) is 1. The van der Waals surface area contributed by atoms with Crippen molar-refractivity contribution < 1.29 is 14.5 Å². The van der Waals surface area contributed by atoms with E-state index >= 15 is 0 Å². The van der Waals surface area contributed by atoms with E-state index in [1.807, 2.05) is 24.3 Å². The number of nitrogens with one attached hydrogen (secondary N) is 2. The first-order chi connectivity index (χ1) is 12.0. The van der Waals surface area contributed by atoms with Gasteiger partial charge in [0.25, 0.3) is 5.91 Å². The van der Waals surface area contributed by atoms with Crippen molar-refractivity contribution in [1.82, 2.24) is 5.32 Å². The predicted octanol–water partition coefficient (Wildman–Crippen LogP) is 3.32. The van der Waals surface area contributed by atoms with E-state index in [1.165, 1.54) is 11.4 Å². The smallest absolute Gasteiger partial charge is 0.324 e. The fraction of sp³-hybridized carbons (Fsp3) is 0.294. The Hall–Kier alpha value is -2.74. The molecule has 2 aromatic rings. The van der Waals surface area contributed by atoms with Crippen molar-refractivity contribution in [3.63, 3.8) is 0 Å².